The molecule has 3 aromatic rings. The molecule has 246 valence electrons. The van der Waals surface area contributed by atoms with Gasteiger partial charge in [0.05, 0.1) is 47.6 Å². The van der Waals surface area contributed by atoms with Crippen molar-refractivity contribution < 1.29 is 49.3 Å². The Kier molecular flexibility index (Phi) is 12.1. The van der Waals surface area contributed by atoms with Gasteiger partial charge in [-0.05, 0) is 30.7 Å². The van der Waals surface area contributed by atoms with E-state index < -0.39 is 61.1 Å². The van der Waals surface area contributed by atoms with Gasteiger partial charge in [0.2, 0.25) is 5.91 Å². The number of unbranched alkanes of at least 4 members (excludes halogenated alkanes) is 5. The Hall–Kier alpha value is -3.33. The smallest absolute Gasteiger partial charge is 0.377 e. The van der Waals surface area contributed by atoms with Crippen LogP contribution in [0.1, 0.15) is 58.8 Å². The number of hydrogen-bond acceptors (Lipinski definition) is 11. The number of ether oxygens (including phenoxy) is 3. The zero-order valence-corrected chi connectivity index (χ0v) is 26.2. The van der Waals surface area contributed by atoms with Gasteiger partial charge in [0.15, 0.2) is 0 Å². The van der Waals surface area contributed by atoms with Crippen molar-refractivity contribution in [2.75, 3.05) is 13.2 Å². The van der Waals surface area contributed by atoms with E-state index in [9.17, 15) is 35.1 Å². The lowest BCUT2D eigenvalue weighted by molar-refractivity contribution is -0.284. The number of hydrogen-bond donors (Lipinski definition) is 6. The fourth-order valence-corrected chi connectivity index (χ4v) is 6.32. The highest BCUT2D eigenvalue weighted by molar-refractivity contribution is 7.21. The molecule has 0 bridgehead atoms. The van der Waals surface area contributed by atoms with Gasteiger partial charge in [-0.15, -0.1) is 11.3 Å². The molecule has 2 heterocycles. The average molecular weight is 647 g/mol. The first-order valence-electron chi connectivity index (χ1n) is 15.2. The summed E-state index contributed by atoms with van der Waals surface area (Å²) in [6.45, 7) is 2.90. The Bertz CT molecular complexity index is 1400. The first-order valence-corrected chi connectivity index (χ1v) is 16.1. The number of amides is 1. The van der Waals surface area contributed by atoms with E-state index in [1.165, 1.54) is 37.2 Å². The summed E-state index contributed by atoms with van der Waals surface area (Å²) < 4.78 is 18.9. The van der Waals surface area contributed by atoms with Crippen LogP contribution >= 0.6 is 11.3 Å². The molecule has 1 fully saturated rings. The molecule has 0 spiro atoms. The molecular weight excluding hydrogens is 604 g/mol. The zero-order chi connectivity index (χ0) is 32.6. The maximum Gasteiger partial charge on any atom is 0.377 e. The normalized spacial score (nSPS) is 22.9. The van der Waals surface area contributed by atoms with Crippen LogP contribution in [0.2, 0.25) is 0 Å². The van der Waals surface area contributed by atoms with E-state index in [0.29, 0.717) is 22.9 Å². The second kappa shape index (κ2) is 15.8. The summed E-state index contributed by atoms with van der Waals surface area (Å²) in [4.78, 5) is 29.5. The zero-order valence-electron chi connectivity index (χ0n) is 25.4. The van der Waals surface area contributed by atoms with Crippen LogP contribution in [0, 0.1) is 0 Å². The Morgan fingerprint density at radius 2 is 1.87 bits per heavy atom. The highest BCUT2D eigenvalue weighted by atomic mass is 32.1. The molecule has 1 aliphatic rings. The molecule has 45 heavy (non-hydrogen) atoms. The SMILES string of the molecule is CCCCCCCCOc1ccc(-c2nc3ccccc3s2)c(OC2(C(=O)O)C[C@H](O)[C@@H](NC(C)=O)[C@@H]([C@H](O)[C@H](O)CO)O2)c1. The first-order chi connectivity index (χ1) is 21.6. The lowest BCUT2D eigenvalue weighted by Crippen LogP contribution is -2.68. The summed E-state index contributed by atoms with van der Waals surface area (Å²) >= 11 is 1.37. The molecule has 6 atom stereocenters. The van der Waals surface area contributed by atoms with Crippen LogP contribution in [0.4, 0.5) is 0 Å². The van der Waals surface area contributed by atoms with Crippen LogP contribution in [0.5, 0.6) is 11.5 Å². The highest BCUT2D eigenvalue weighted by Gasteiger charge is 2.57. The number of fused-ring (bicyclic) bond motifs is 1. The van der Waals surface area contributed by atoms with Gasteiger partial charge in [-0.25, -0.2) is 9.78 Å². The summed E-state index contributed by atoms with van der Waals surface area (Å²) in [5.41, 5.74) is 1.18. The summed E-state index contributed by atoms with van der Waals surface area (Å²) in [6.07, 6.45) is -1.06. The molecule has 12 nitrogen and oxygen atoms in total. The van der Waals surface area contributed by atoms with E-state index in [4.69, 9.17) is 19.2 Å². The van der Waals surface area contributed by atoms with Crippen LogP contribution in [0.3, 0.4) is 0 Å². The Morgan fingerprint density at radius 3 is 2.56 bits per heavy atom. The van der Waals surface area contributed by atoms with E-state index in [0.717, 1.165) is 35.9 Å². The second-order valence-corrected chi connectivity index (χ2v) is 12.3. The fourth-order valence-electron chi connectivity index (χ4n) is 5.32. The molecule has 4 rings (SSSR count). The van der Waals surface area contributed by atoms with Gasteiger partial charge in [0, 0.05) is 13.0 Å². The van der Waals surface area contributed by atoms with Crippen LogP contribution in [-0.4, -0.2) is 91.9 Å². The number of nitrogens with one attached hydrogen (secondary N) is 1. The van der Waals surface area contributed by atoms with Gasteiger partial charge in [0.1, 0.15) is 34.8 Å². The summed E-state index contributed by atoms with van der Waals surface area (Å²) in [5.74, 6) is -4.32. The number of para-hydroxylation sites is 1. The number of carbonyl (C=O) groups is 2. The number of aromatic nitrogens is 1. The number of nitrogens with zero attached hydrogens (tertiary/aromatic N) is 1. The van der Waals surface area contributed by atoms with Crippen LogP contribution in [0.15, 0.2) is 42.5 Å². The third kappa shape index (κ3) is 8.48. The number of benzene rings is 2. The Balaban J connectivity index is 1.69. The summed E-state index contributed by atoms with van der Waals surface area (Å²) in [6, 6.07) is 11.2. The molecule has 0 radical (unpaired) electrons. The number of rotatable bonds is 16. The molecule has 1 aliphatic heterocycles. The number of aliphatic hydroxyl groups excluding tert-OH is 4. The topological polar surface area (TPSA) is 188 Å². The predicted molar refractivity (Wildman–Crippen MR) is 167 cm³/mol. The third-order valence-electron chi connectivity index (χ3n) is 7.71. The quantitative estimate of drug-likeness (QED) is 0.125. The summed E-state index contributed by atoms with van der Waals surface area (Å²) in [5, 5.41) is 55.0. The van der Waals surface area contributed by atoms with Crippen molar-refractivity contribution >= 4 is 33.4 Å². The Labute approximate surface area is 265 Å². The lowest BCUT2D eigenvalue weighted by Gasteiger charge is -2.46. The molecule has 1 unspecified atom stereocenters. The van der Waals surface area contributed by atoms with Crippen molar-refractivity contribution in [3.8, 4) is 22.1 Å². The first kappa shape index (κ1) is 34.5. The van der Waals surface area contributed by atoms with Gasteiger partial charge in [-0.2, -0.15) is 0 Å². The number of aliphatic hydroxyl groups is 4. The van der Waals surface area contributed by atoms with E-state index >= 15 is 0 Å². The predicted octanol–water partition coefficient (Wildman–Crippen LogP) is 3.23. The van der Waals surface area contributed by atoms with Gasteiger partial charge >= 0.3 is 11.8 Å². The number of thiazole rings is 1. The average Bonchev–Trinajstić information content (AvgIpc) is 3.45. The minimum Gasteiger partial charge on any atom is -0.493 e. The number of carboxylic acid groups (broad SMARTS) is 1. The molecule has 6 N–H and O–H groups in total. The standard InChI is InChI=1S/C32H42N2O10S/c1-3-4-5-6-7-10-15-42-20-13-14-21(30-34-22-11-8-9-12-26(22)45-30)25(16-20)43-32(31(40)41)17-23(37)27(33-19(2)36)29(44-32)28(39)24(38)18-35/h8-9,11-14,16,23-24,27-29,35,37-39H,3-7,10,15,17-18H2,1-2H3,(H,33,36)(H,40,41)/t23-,24+,27+,28+,29-,32?/m0/s1. The van der Waals surface area contributed by atoms with Crippen molar-refractivity contribution in [2.24, 2.45) is 0 Å². The number of carbonyl (C=O) groups excluding carboxylic acids is 1. The molecule has 1 amide bonds. The largest absolute Gasteiger partial charge is 0.493 e. The summed E-state index contributed by atoms with van der Waals surface area (Å²) in [7, 11) is 0. The van der Waals surface area contributed by atoms with Crippen LogP contribution < -0.4 is 14.8 Å². The van der Waals surface area contributed by atoms with E-state index in [1.807, 2.05) is 24.3 Å². The lowest BCUT2D eigenvalue weighted by atomic mass is 9.88. The maximum atomic E-state index is 12.9. The monoisotopic (exact) mass is 646 g/mol. The Morgan fingerprint density at radius 1 is 1.13 bits per heavy atom. The van der Waals surface area contributed by atoms with E-state index in [1.54, 1.807) is 12.1 Å². The van der Waals surface area contributed by atoms with Crippen molar-refractivity contribution in [2.45, 2.75) is 95.0 Å². The van der Waals surface area contributed by atoms with Gasteiger partial charge in [-0.1, -0.05) is 51.2 Å². The van der Waals surface area contributed by atoms with Crippen molar-refractivity contribution in [3.05, 3.63) is 42.5 Å². The highest BCUT2D eigenvalue weighted by Crippen LogP contribution is 2.42. The molecule has 1 saturated heterocycles. The van der Waals surface area contributed by atoms with Crippen molar-refractivity contribution in [1.29, 1.82) is 0 Å². The maximum absolute atomic E-state index is 12.9. The second-order valence-electron chi connectivity index (χ2n) is 11.2. The molecular formula is C32H42N2O10S. The van der Waals surface area contributed by atoms with Crippen molar-refractivity contribution in [3.63, 3.8) is 0 Å². The van der Waals surface area contributed by atoms with Crippen molar-refractivity contribution in [1.82, 2.24) is 10.3 Å². The van der Waals surface area contributed by atoms with E-state index in [-0.39, 0.29) is 5.75 Å². The molecule has 2 aromatic carbocycles. The molecule has 1 aromatic heterocycles. The van der Waals surface area contributed by atoms with Crippen LogP contribution in [-0.2, 0) is 14.3 Å². The van der Waals surface area contributed by atoms with Gasteiger partial charge < -0.3 is 45.1 Å². The van der Waals surface area contributed by atoms with Gasteiger partial charge in [0.25, 0.3) is 0 Å². The van der Waals surface area contributed by atoms with Crippen LogP contribution in [0.25, 0.3) is 20.8 Å². The molecule has 0 aliphatic carbocycles. The molecule has 0 saturated carbocycles. The minimum atomic E-state index is -2.57. The fraction of sp³-hybridized carbons (Fsp3) is 0.531. The third-order valence-corrected chi connectivity index (χ3v) is 8.77. The number of aliphatic carboxylic acids is 1. The van der Waals surface area contributed by atoms with E-state index in [2.05, 4.69) is 12.2 Å². The van der Waals surface area contributed by atoms with Gasteiger partial charge in [-0.3, -0.25) is 4.79 Å². The molecule has 13 heteroatoms. The minimum absolute atomic E-state index is 0.0398. The number of carboxylic acids is 1.